The summed E-state index contributed by atoms with van der Waals surface area (Å²) in [5.41, 5.74) is 1.55. The summed E-state index contributed by atoms with van der Waals surface area (Å²) in [7, 11) is 0. The van der Waals surface area contributed by atoms with Crippen LogP contribution in [0.15, 0.2) is 24.3 Å². The number of carbonyl (C=O) groups is 1. The van der Waals surface area contributed by atoms with Crippen LogP contribution in [0.3, 0.4) is 0 Å². The van der Waals surface area contributed by atoms with Crippen LogP contribution in [0, 0.1) is 5.41 Å². The molecule has 0 saturated carbocycles. The molecule has 5 heteroatoms. The Morgan fingerprint density at radius 1 is 1.09 bits per heavy atom. The highest BCUT2D eigenvalue weighted by Gasteiger charge is 2.36. The van der Waals surface area contributed by atoms with E-state index in [0.29, 0.717) is 11.8 Å². The third-order valence-corrected chi connectivity index (χ3v) is 5.36. The largest absolute Gasteiger partial charge is 0.342 e. The summed E-state index contributed by atoms with van der Waals surface area (Å²) in [6.07, 6.45) is 5.37. The molecule has 2 heterocycles. The minimum absolute atomic E-state index is 0. The van der Waals surface area contributed by atoms with Gasteiger partial charge in [0.05, 0.1) is 6.42 Å². The van der Waals surface area contributed by atoms with E-state index in [4.69, 9.17) is 11.6 Å². The molecule has 0 unspecified atom stereocenters. The summed E-state index contributed by atoms with van der Waals surface area (Å²) in [6.45, 7) is 4.12. The number of benzene rings is 1. The first-order valence-corrected chi connectivity index (χ1v) is 8.28. The molecule has 2 saturated heterocycles. The monoisotopic (exact) mass is 342 g/mol. The first-order valence-electron chi connectivity index (χ1n) is 7.90. The van der Waals surface area contributed by atoms with Crippen LogP contribution in [0.5, 0.6) is 0 Å². The number of carbonyl (C=O) groups excluding carboxylic acids is 1. The second kappa shape index (κ2) is 7.67. The number of likely N-dealkylation sites (tertiary alicyclic amines) is 1. The molecule has 1 aromatic rings. The lowest BCUT2D eigenvalue weighted by Gasteiger charge is -2.44. The lowest BCUT2D eigenvalue weighted by atomic mass is 9.71. The second-order valence-electron chi connectivity index (χ2n) is 6.43. The molecule has 0 atom stereocenters. The van der Waals surface area contributed by atoms with Crippen molar-refractivity contribution in [2.75, 3.05) is 26.2 Å². The Kier molecular flexibility index (Phi) is 6.13. The Labute approximate surface area is 143 Å². The van der Waals surface area contributed by atoms with Crippen molar-refractivity contribution in [3.63, 3.8) is 0 Å². The summed E-state index contributed by atoms with van der Waals surface area (Å²) >= 11 is 5.88. The van der Waals surface area contributed by atoms with E-state index in [2.05, 4.69) is 5.32 Å². The molecule has 0 radical (unpaired) electrons. The van der Waals surface area contributed by atoms with Crippen molar-refractivity contribution in [3.05, 3.63) is 34.9 Å². The Balaban J connectivity index is 0.00000176. The molecule has 2 aliphatic rings. The average molecular weight is 343 g/mol. The predicted octanol–water partition coefficient (Wildman–Crippen LogP) is 3.30. The SMILES string of the molecule is Cl.O=C(Cc1ccc(Cl)cc1)N1CCC2(CCNCC2)CC1. The van der Waals surface area contributed by atoms with Crippen molar-refractivity contribution in [2.24, 2.45) is 5.41 Å². The number of hydrogen-bond donors (Lipinski definition) is 1. The van der Waals surface area contributed by atoms with Crippen LogP contribution in [0.25, 0.3) is 0 Å². The highest BCUT2D eigenvalue weighted by atomic mass is 35.5. The van der Waals surface area contributed by atoms with Crippen molar-refractivity contribution in [3.8, 4) is 0 Å². The zero-order valence-electron chi connectivity index (χ0n) is 12.8. The van der Waals surface area contributed by atoms with Gasteiger partial charge in [-0.1, -0.05) is 23.7 Å². The number of hydrogen-bond acceptors (Lipinski definition) is 2. The van der Waals surface area contributed by atoms with Gasteiger partial charge in [-0.2, -0.15) is 0 Å². The third-order valence-electron chi connectivity index (χ3n) is 5.11. The fourth-order valence-corrected chi connectivity index (χ4v) is 3.70. The van der Waals surface area contributed by atoms with E-state index in [1.807, 2.05) is 29.2 Å². The number of halogens is 2. The van der Waals surface area contributed by atoms with Gasteiger partial charge in [0.1, 0.15) is 0 Å². The number of nitrogens with zero attached hydrogens (tertiary/aromatic N) is 1. The predicted molar refractivity (Wildman–Crippen MR) is 92.8 cm³/mol. The summed E-state index contributed by atoms with van der Waals surface area (Å²) in [5, 5.41) is 4.16. The van der Waals surface area contributed by atoms with Gasteiger partial charge in [-0.05, 0) is 61.9 Å². The molecule has 0 bridgehead atoms. The summed E-state index contributed by atoms with van der Waals surface area (Å²) in [5.74, 6) is 0.251. The topological polar surface area (TPSA) is 32.3 Å². The van der Waals surface area contributed by atoms with Crippen molar-refractivity contribution >= 4 is 29.9 Å². The molecular weight excluding hydrogens is 319 g/mol. The number of amides is 1. The lowest BCUT2D eigenvalue weighted by molar-refractivity contribution is -0.133. The van der Waals surface area contributed by atoms with E-state index >= 15 is 0 Å². The number of nitrogens with one attached hydrogen (secondary N) is 1. The van der Waals surface area contributed by atoms with Crippen LogP contribution >= 0.6 is 24.0 Å². The standard InChI is InChI=1S/C17H23ClN2O.ClH/c18-15-3-1-14(2-4-15)13-16(21)20-11-7-17(8-12-20)5-9-19-10-6-17;/h1-4,19H,5-13H2;1H. The van der Waals surface area contributed by atoms with Crippen molar-refractivity contribution < 1.29 is 4.79 Å². The molecule has 3 nitrogen and oxygen atoms in total. The second-order valence-corrected chi connectivity index (χ2v) is 6.87. The highest BCUT2D eigenvalue weighted by Crippen LogP contribution is 2.39. The fraction of sp³-hybridized carbons (Fsp3) is 0.588. The number of rotatable bonds is 2. The molecule has 0 aliphatic carbocycles. The maximum absolute atomic E-state index is 12.4. The Bertz CT molecular complexity index is 488. The molecule has 3 rings (SSSR count). The maximum atomic E-state index is 12.4. The maximum Gasteiger partial charge on any atom is 0.226 e. The molecule has 22 heavy (non-hydrogen) atoms. The van der Waals surface area contributed by atoms with Crippen molar-refractivity contribution in [2.45, 2.75) is 32.1 Å². The first-order chi connectivity index (χ1) is 10.2. The minimum atomic E-state index is 0. The van der Waals surface area contributed by atoms with Crippen molar-refractivity contribution in [1.29, 1.82) is 0 Å². The Morgan fingerprint density at radius 2 is 1.68 bits per heavy atom. The zero-order chi connectivity index (χ0) is 14.7. The van der Waals surface area contributed by atoms with E-state index in [9.17, 15) is 4.79 Å². The van der Waals surface area contributed by atoms with Crippen LogP contribution in [-0.2, 0) is 11.2 Å². The lowest BCUT2D eigenvalue weighted by Crippen LogP contribution is -2.47. The molecule has 1 N–H and O–H groups in total. The molecule has 2 aliphatic heterocycles. The fourth-order valence-electron chi connectivity index (χ4n) is 3.58. The van der Waals surface area contributed by atoms with E-state index in [1.54, 1.807) is 0 Å². The minimum Gasteiger partial charge on any atom is -0.342 e. The molecule has 0 aromatic heterocycles. The summed E-state index contributed by atoms with van der Waals surface area (Å²) < 4.78 is 0. The molecule has 1 aromatic carbocycles. The van der Waals surface area contributed by atoms with Gasteiger partial charge < -0.3 is 10.2 Å². The van der Waals surface area contributed by atoms with E-state index < -0.39 is 0 Å². The van der Waals surface area contributed by atoms with Gasteiger partial charge in [0, 0.05) is 18.1 Å². The first kappa shape index (κ1) is 17.6. The normalized spacial score (nSPS) is 20.5. The van der Waals surface area contributed by atoms with Crippen molar-refractivity contribution in [1.82, 2.24) is 10.2 Å². The molecule has 2 fully saturated rings. The molecular formula is C17H24Cl2N2O. The summed E-state index contributed by atoms with van der Waals surface area (Å²) in [6, 6.07) is 7.59. The van der Waals surface area contributed by atoms with Gasteiger partial charge in [-0.15, -0.1) is 12.4 Å². The Morgan fingerprint density at radius 3 is 2.27 bits per heavy atom. The van der Waals surface area contributed by atoms with Gasteiger partial charge >= 0.3 is 0 Å². The van der Waals surface area contributed by atoms with Crippen LogP contribution in [0.4, 0.5) is 0 Å². The number of piperidine rings is 2. The molecule has 122 valence electrons. The van der Waals surface area contributed by atoms with E-state index in [0.717, 1.165) is 36.8 Å². The quantitative estimate of drug-likeness (QED) is 0.894. The Hall–Kier alpha value is -0.770. The summed E-state index contributed by atoms with van der Waals surface area (Å²) in [4.78, 5) is 14.4. The van der Waals surface area contributed by atoms with Crippen LogP contribution < -0.4 is 5.32 Å². The zero-order valence-corrected chi connectivity index (χ0v) is 14.4. The van der Waals surface area contributed by atoms with Gasteiger partial charge in [-0.3, -0.25) is 4.79 Å². The van der Waals surface area contributed by atoms with Gasteiger partial charge in [0.25, 0.3) is 0 Å². The van der Waals surface area contributed by atoms with E-state index in [-0.39, 0.29) is 18.3 Å². The van der Waals surface area contributed by atoms with Crippen LogP contribution in [-0.4, -0.2) is 37.0 Å². The third kappa shape index (κ3) is 4.15. The average Bonchev–Trinajstić information content (AvgIpc) is 2.51. The highest BCUT2D eigenvalue weighted by molar-refractivity contribution is 6.30. The van der Waals surface area contributed by atoms with Gasteiger partial charge in [0.15, 0.2) is 0 Å². The smallest absolute Gasteiger partial charge is 0.226 e. The van der Waals surface area contributed by atoms with Gasteiger partial charge in [-0.25, -0.2) is 0 Å². The molecule has 1 amide bonds. The molecule has 1 spiro atoms. The van der Waals surface area contributed by atoms with Crippen LogP contribution in [0.2, 0.25) is 5.02 Å². The van der Waals surface area contributed by atoms with Crippen LogP contribution in [0.1, 0.15) is 31.2 Å². The van der Waals surface area contributed by atoms with E-state index in [1.165, 1.54) is 25.7 Å². The van der Waals surface area contributed by atoms with Gasteiger partial charge in [0.2, 0.25) is 5.91 Å².